The highest BCUT2D eigenvalue weighted by Crippen LogP contribution is 2.44. The molecule has 2 amide bonds. The minimum atomic E-state index is -0.374. The molecule has 0 unspecified atom stereocenters. The van der Waals surface area contributed by atoms with E-state index in [4.69, 9.17) is 9.47 Å². The Morgan fingerprint density at radius 3 is 2.61 bits per heavy atom. The largest absolute Gasteiger partial charge is 0.462 e. The van der Waals surface area contributed by atoms with Crippen LogP contribution in [0.3, 0.4) is 0 Å². The van der Waals surface area contributed by atoms with Gasteiger partial charge in [-0.05, 0) is 67.8 Å². The lowest BCUT2D eigenvalue weighted by Gasteiger charge is -2.34. The van der Waals surface area contributed by atoms with Gasteiger partial charge in [0.2, 0.25) is 0 Å². The monoisotopic (exact) mass is 512 g/mol. The minimum absolute atomic E-state index is 0.106. The van der Waals surface area contributed by atoms with E-state index in [9.17, 15) is 14.4 Å². The van der Waals surface area contributed by atoms with Gasteiger partial charge in [0.05, 0.1) is 30.4 Å². The Morgan fingerprint density at radius 2 is 1.85 bits per heavy atom. The highest BCUT2D eigenvalue weighted by atomic mass is 79.9. The average molecular weight is 513 g/mol. The number of ether oxygens (including phenoxy) is 2. The van der Waals surface area contributed by atoms with E-state index in [1.165, 1.54) is 0 Å². The Bertz CT molecular complexity index is 1080. The number of anilines is 1. The molecular weight excluding hydrogens is 488 g/mol. The van der Waals surface area contributed by atoms with Crippen molar-refractivity contribution in [2.24, 2.45) is 5.92 Å². The molecule has 2 aromatic carbocycles. The van der Waals surface area contributed by atoms with Crippen molar-refractivity contribution in [3.63, 3.8) is 0 Å². The van der Waals surface area contributed by atoms with Crippen LogP contribution in [0.4, 0.5) is 10.5 Å². The normalized spacial score (nSPS) is 19.1. The number of esters is 2. The van der Waals surface area contributed by atoms with Crippen molar-refractivity contribution in [1.29, 1.82) is 0 Å². The van der Waals surface area contributed by atoms with E-state index in [0.29, 0.717) is 30.7 Å². The quantitative estimate of drug-likeness (QED) is 0.307. The average Bonchev–Trinajstić information content (AvgIpc) is 3.24. The zero-order valence-electron chi connectivity index (χ0n) is 18.3. The summed E-state index contributed by atoms with van der Waals surface area (Å²) < 4.78 is 11.4. The van der Waals surface area contributed by atoms with E-state index < -0.39 is 0 Å². The molecule has 4 rings (SSSR count). The molecule has 0 aromatic heterocycles. The van der Waals surface area contributed by atoms with E-state index in [1.54, 1.807) is 48.2 Å². The number of urea groups is 1. The summed E-state index contributed by atoms with van der Waals surface area (Å²) in [5, 5.41) is 2.91. The lowest BCUT2D eigenvalue weighted by atomic mass is 9.90. The molecule has 0 bridgehead atoms. The molecule has 2 aromatic rings. The van der Waals surface area contributed by atoms with E-state index in [1.807, 2.05) is 12.1 Å². The first-order valence-corrected chi connectivity index (χ1v) is 11.7. The number of carbonyl (C=O) groups is 3. The van der Waals surface area contributed by atoms with Crippen molar-refractivity contribution in [2.75, 3.05) is 25.1 Å². The first-order chi connectivity index (χ1) is 16.0. The van der Waals surface area contributed by atoms with Gasteiger partial charge < -0.3 is 19.7 Å². The minimum Gasteiger partial charge on any atom is -0.462 e. The van der Waals surface area contributed by atoms with Gasteiger partial charge in [-0.2, -0.15) is 0 Å². The van der Waals surface area contributed by atoms with Crippen molar-refractivity contribution >= 4 is 39.6 Å². The Balaban J connectivity index is 1.41. The summed E-state index contributed by atoms with van der Waals surface area (Å²) in [5.74, 6) is -0.622. The zero-order chi connectivity index (χ0) is 23.4. The maximum Gasteiger partial charge on any atom is 0.338 e. The Labute approximate surface area is 200 Å². The third kappa shape index (κ3) is 5.11. The Morgan fingerprint density at radius 1 is 1.12 bits per heavy atom. The van der Waals surface area contributed by atoms with E-state index in [-0.39, 0.29) is 36.5 Å². The number of hydrogen-bond donors (Lipinski definition) is 1. The second-order valence-electron chi connectivity index (χ2n) is 7.90. The number of fused-ring (bicyclic) bond motifs is 3. The summed E-state index contributed by atoms with van der Waals surface area (Å²) in [6.45, 7) is 2.98. The number of halogens is 1. The Kier molecular flexibility index (Phi) is 7.13. The van der Waals surface area contributed by atoms with Crippen LogP contribution in [0.5, 0.6) is 0 Å². The van der Waals surface area contributed by atoms with E-state index in [0.717, 1.165) is 22.1 Å². The fraction of sp³-hybridized carbons (Fsp3) is 0.320. The fourth-order valence-electron chi connectivity index (χ4n) is 4.25. The van der Waals surface area contributed by atoms with Crippen molar-refractivity contribution in [1.82, 2.24) is 4.90 Å². The number of carbonyl (C=O) groups excluding carboxylic acids is 3. The molecule has 1 fully saturated rings. The van der Waals surface area contributed by atoms with Crippen LogP contribution in [0.2, 0.25) is 0 Å². The van der Waals surface area contributed by atoms with Gasteiger partial charge >= 0.3 is 18.0 Å². The molecule has 1 saturated heterocycles. The van der Waals surface area contributed by atoms with Crippen LogP contribution in [0, 0.1) is 5.92 Å². The third-order valence-corrected chi connectivity index (χ3v) is 6.34. The molecule has 0 saturated carbocycles. The van der Waals surface area contributed by atoms with Gasteiger partial charge in [0.25, 0.3) is 0 Å². The number of amides is 2. The maximum atomic E-state index is 12.6. The first kappa shape index (κ1) is 23.0. The molecule has 7 nitrogen and oxygen atoms in total. The molecule has 0 aliphatic carbocycles. The van der Waals surface area contributed by atoms with Crippen LogP contribution < -0.4 is 5.32 Å². The van der Waals surface area contributed by atoms with Gasteiger partial charge in [-0.1, -0.05) is 28.1 Å². The number of benzene rings is 2. The molecular formula is C25H25BrN2O5. The smallest absolute Gasteiger partial charge is 0.338 e. The first-order valence-electron chi connectivity index (χ1n) is 11.0. The van der Waals surface area contributed by atoms with Crippen molar-refractivity contribution in [3.8, 4) is 0 Å². The van der Waals surface area contributed by atoms with Crippen LogP contribution in [-0.2, 0) is 9.47 Å². The second-order valence-corrected chi connectivity index (χ2v) is 8.82. The fourth-order valence-corrected chi connectivity index (χ4v) is 4.52. The van der Waals surface area contributed by atoms with Crippen LogP contribution in [0.1, 0.15) is 52.1 Å². The summed E-state index contributed by atoms with van der Waals surface area (Å²) in [7, 11) is 0. The summed E-state index contributed by atoms with van der Waals surface area (Å²) >= 11 is 3.34. The summed E-state index contributed by atoms with van der Waals surface area (Å²) in [6.07, 6.45) is 5.46. The predicted molar refractivity (Wildman–Crippen MR) is 127 cm³/mol. The van der Waals surface area contributed by atoms with E-state index >= 15 is 0 Å². The Hall–Kier alpha value is -3.13. The van der Waals surface area contributed by atoms with Gasteiger partial charge in [-0.3, -0.25) is 0 Å². The highest BCUT2D eigenvalue weighted by Gasteiger charge is 2.41. The number of nitrogens with one attached hydrogen (secondary N) is 1. The van der Waals surface area contributed by atoms with Crippen molar-refractivity contribution in [3.05, 3.63) is 75.8 Å². The number of nitrogens with zero attached hydrogens (tertiary/aromatic N) is 1. The van der Waals surface area contributed by atoms with Crippen molar-refractivity contribution < 1.29 is 23.9 Å². The van der Waals surface area contributed by atoms with Crippen LogP contribution in [0.25, 0.3) is 0 Å². The second kappa shape index (κ2) is 10.2. The zero-order valence-corrected chi connectivity index (χ0v) is 19.8. The van der Waals surface area contributed by atoms with Gasteiger partial charge in [0.1, 0.15) is 0 Å². The molecule has 172 valence electrons. The molecule has 2 heterocycles. The summed E-state index contributed by atoms with van der Waals surface area (Å²) in [6, 6.07) is 12.0. The summed E-state index contributed by atoms with van der Waals surface area (Å²) in [5.41, 5.74) is 2.61. The number of hydrogen-bond acceptors (Lipinski definition) is 5. The SMILES string of the molecule is CCOC(=O)c1ccc2c(c1)[C@H]1[C@H](/C=C/CCOC(=O)c3ccc(Br)cc3)CCN1C(=O)N2. The standard InChI is InChI=1S/C25H25BrN2O5/c1-2-32-24(30)18-8-11-21-20(15-18)22-16(12-13-28(22)25(31)27-21)5-3-4-14-33-23(29)17-6-9-19(26)10-7-17/h3,5-11,15-16,22H,2,4,12-14H2,1H3,(H,27,31)/b5-3+/t16-,22-/m1/s1. The maximum absolute atomic E-state index is 12.6. The predicted octanol–water partition coefficient (Wildman–Crippen LogP) is 5.34. The van der Waals surface area contributed by atoms with Crippen LogP contribution in [0.15, 0.2) is 59.1 Å². The summed E-state index contributed by atoms with van der Waals surface area (Å²) in [4.78, 5) is 38.7. The lowest BCUT2D eigenvalue weighted by Crippen LogP contribution is -2.40. The molecule has 33 heavy (non-hydrogen) atoms. The van der Waals surface area contributed by atoms with Gasteiger partial charge in [0, 0.05) is 22.6 Å². The molecule has 8 heteroatoms. The van der Waals surface area contributed by atoms with Crippen LogP contribution >= 0.6 is 15.9 Å². The van der Waals surface area contributed by atoms with Crippen LogP contribution in [-0.4, -0.2) is 42.6 Å². The van der Waals surface area contributed by atoms with Gasteiger partial charge in [-0.15, -0.1) is 0 Å². The third-order valence-electron chi connectivity index (χ3n) is 5.81. The molecule has 1 N–H and O–H groups in total. The highest BCUT2D eigenvalue weighted by molar-refractivity contribution is 9.10. The van der Waals surface area contributed by atoms with Gasteiger partial charge in [0.15, 0.2) is 0 Å². The van der Waals surface area contributed by atoms with E-state index in [2.05, 4.69) is 27.3 Å². The number of rotatable bonds is 7. The van der Waals surface area contributed by atoms with Crippen molar-refractivity contribution in [2.45, 2.75) is 25.8 Å². The molecule has 0 radical (unpaired) electrons. The molecule has 2 atom stereocenters. The van der Waals surface area contributed by atoms with Gasteiger partial charge in [-0.25, -0.2) is 14.4 Å². The topological polar surface area (TPSA) is 84.9 Å². The lowest BCUT2D eigenvalue weighted by molar-refractivity contribution is 0.0506. The molecule has 2 aliphatic heterocycles. The molecule has 2 aliphatic rings. The molecule has 0 spiro atoms.